The van der Waals surface area contributed by atoms with Gasteiger partial charge in [0.1, 0.15) is 5.75 Å². The Morgan fingerprint density at radius 1 is 1.37 bits per heavy atom. The first kappa shape index (κ1) is 14.9. The van der Waals surface area contributed by atoms with Crippen LogP contribution in [-0.4, -0.2) is 19.7 Å². The highest BCUT2D eigenvalue weighted by molar-refractivity contribution is 5.89. The molecule has 0 aliphatic rings. The third-order valence-corrected chi connectivity index (χ3v) is 2.10. The Labute approximate surface area is 108 Å². The molecule has 3 nitrogen and oxygen atoms in total. The lowest BCUT2D eigenvalue weighted by atomic mass is 10.1. The Morgan fingerprint density at radius 3 is 2.58 bits per heavy atom. The molecule has 0 bridgehead atoms. The van der Waals surface area contributed by atoms with Crippen LogP contribution in [0.3, 0.4) is 0 Å². The number of halogens is 3. The number of benzene rings is 1. The maximum atomic E-state index is 12.5. The number of esters is 1. The molecule has 0 aliphatic carbocycles. The quantitative estimate of drug-likeness (QED) is 0.613. The highest BCUT2D eigenvalue weighted by atomic mass is 19.4. The summed E-state index contributed by atoms with van der Waals surface area (Å²) in [7, 11) is 1.23. The van der Waals surface area contributed by atoms with Crippen molar-refractivity contribution in [2.45, 2.75) is 13.1 Å². The summed E-state index contributed by atoms with van der Waals surface area (Å²) in [5, 5.41) is 0. The predicted molar refractivity (Wildman–Crippen MR) is 61.5 cm³/mol. The number of hydrogen-bond donors (Lipinski definition) is 0. The van der Waals surface area contributed by atoms with Crippen molar-refractivity contribution in [2.24, 2.45) is 0 Å². The first-order valence-corrected chi connectivity index (χ1v) is 5.32. The molecule has 0 radical (unpaired) electrons. The van der Waals surface area contributed by atoms with Gasteiger partial charge in [0.05, 0.1) is 24.8 Å². The Kier molecular flexibility index (Phi) is 4.81. The van der Waals surface area contributed by atoms with E-state index < -0.39 is 17.7 Å². The third kappa shape index (κ3) is 4.21. The molecule has 0 atom stereocenters. The first-order chi connectivity index (χ1) is 8.88. The average molecular weight is 272 g/mol. The van der Waals surface area contributed by atoms with Crippen LogP contribution in [0.25, 0.3) is 0 Å². The number of hydrogen-bond acceptors (Lipinski definition) is 3. The molecule has 102 valence electrons. The van der Waals surface area contributed by atoms with Gasteiger partial charge in [0.2, 0.25) is 0 Å². The smallest absolute Gasteiger partial charge is 0.416 e. The maximum Gasteiger partial charge on any atom is 0.416 e. The van der Waals surface area contributed by atoms with Gasteiger partial charge in [-0.2, -0.15) is 13.2 Å². The molecule has 0 fully saturated rings. The Hall–Kier alpha value is -2.16. The number of alkyl halides is 3. The van der Waals surface area contributed by atoms with Gasteiger partial charge in [0.25, 0.3) is 0 Å². The van der Waals surface area contributed by atoms with Crippen LogP contribution in [-0.2, 0) is 15.7 Å². The SMILES string of the molecule is CCOC(=O)C#Cc1ccc(C(F)(F)F)cc1OC. The van der Waals surface area contributed by atoms with E-state index in [0.717, 1.165) is 18.2 Å². The minimum Gasteiger partial charge on any atom is -0.495 e. The van der Waals surface area contributed by atoms with Gasteiger partial charge in [-0.05, 0) is 25.1 Å². The molecule has 0 aromatic heterocycles. The lowest BCUT2D eigenvalue weighted by Gasteiger charge is -2.09. The molecule has 0 saturated carbocycles. The molecule has 0 saturated heterocycles. The molecule has 1 aromatic rings. The molecule has 0 aliphatic heterocycles. The molecule has 6 heteroatoms. The summed E-state index contributed by atoms with van der Waals surface area (Å²) < 4.78 is 46.9. The van der Waals surface area contributed by atoms with Crippen LogP contribution in [0.2, 0.25) is 0 Å². The Bertz CT molecular complexity index is 524. The van der Waals surface area contributed by atoms with Crippen LogP contribution in [0.5, 0.6) is 5.75 Å². The van der Waals surface area contributed by atoms with Gasteiger partial charge < -0.3 is 9.47 Å². The summed E-state index contributed by atoms with van der Waals surface area (Å²) >= 11 is 0. The van der Waals surface area contributed by atoms with Crippen molar-refractivity contribution in [1.29, 1.82) is 0 Å². The van der Waals surface area contributed by atoms with E-state index in [1.165, 1.54) is 7.11 Å². The van der Waals surface area contributed by atoms with Crippen molar-refractivity contribution >= 4 is 5.97 Å². The maximum absolute atomic E-state index is 12.5. The molecule has 1 rings (SSSR count). The fourth-order valence-electron chi connectivity index (χ4n) is 1.26. The van der Waals surface area contributed by atoms with Gasteiger partial charge in [-0.25, -0.2) is 4.79 Å². The van der Waals surface area contributed by atoms with Crippen LogP contribution in [0.1, 0.15) is 18.1 Å². The van der Waals surface area contributed by atoms with Crippen LogP contribution in [0.15, 0.2) is 18.2 Å². The highest BCUT2D eigenvalue weighted by Gasteiger charge is 2.31. The Morgan fingerprint density at radius 2 is 2.05 bits per heavy atom. The van der Waals surface area contributed by atoms with Crippen molar-refractivity contribution in [2.75, 3.05) is 13.7 Å². The van der Waals surface area contributed by atoms with Crippen molar-refractivity contribution < 1.29 is 27.4 Å². The highest BCUT2D eigenvalue weighted by Crippen LogP contribution is 2.32. The second-order valence-corrected chi connectivity index (χ2v) is 3.38. The number of carbonyl (C=O) groups excluding carboxylic acids is 1. The normalized spacial score (nSPS) is 10.4. The summed E-state index contributed by atoms with van der Waals surface area (Å²) in [6, 6.07) is 2.85. The van der Waals surface area contributed by atoms with E-state index in [9.17, 15) is 18.0 Å². The predicted octanol–water partition coefficient (Wildman–Crippen LogP) is 2.63. The molecule has 0 heterocycles. The number of methoxy groups -OCH3 is 1. The van der Waals surface area contributed by atoms with Crippen LogP contribution in [0, 0.1) is 11.8 Å². The Balaban J connectivity index is 3.07. The zero-order chi connectivity index (χ0) is 14.5. The summed E-state index contributed by atoms with van der Waals surface area (Å²) in [6.45, 7) is 1.80. The van der Waals surface area contributed by atoms with Crippen molar-refractivity contribution in [3.05, 3.63) is 29.3 Å². The van der Waals surface area contributed by atoms with E-state index in [1.54, 1.807) is 6.92 Å². The molecule has 0 amide bonds. The zero-order valence-corrected chi connectivity index (χ0v) is 10.3. The second kappa shape index (κ2) is 6.14. The fraction of sp³-hybridized carbons (Fsp3) is 0.308. The third-order valence-electron chi connectivity index (χ3n) is 2.10. The van der Waals surface area contributed by atoms with Crippen LogP contribution >= 0.6 is 0 Å². The summed E-state index contributed by atoms with van der Waals surface area (Å²) in [4.78, 5) is 11.0. The van der Waals surface area contributed by atoms with Crippen LogP contribution in [0.4, 0.5) is 13.2 Å². The molecular weight excluding hydrogens is 261 g/mol. The van der Waals surface area contributed by atoms with Crippen LogP contribution < -0.4 is 4.74 Å². The lowest BCUT2D eigenvalue weighted by Crippen LogP contribution is -2.05. The van der Waals surface area contributed by atoms with E-state index in [2.05, 4.69) is 16.6 Å². The standard InChI is InChI=1S/C13H11F3O3/c1-3-19-12(17)7-5-9-4-6-10(13(14,15)16)8-11(9)18-2/h4,6,8H,3H2,1-2H3. The van der Waals surface area contributed by atoms with Gasteiger partial charge in [0, 0.05) is 5.92 Å². The van der Waals surface area contributed by atoms with Gasteiger partial charge in [-0.15, -0.1) is 0 Å². The average Bonchev–Trinajstić information content (AvgIpc) is 2.35. The van der Waals surface area contributed by atoms with Gasteiger partial charge in [-0.3, -0.25) is 0 Å². The van der Waals surface area contributed by atoms with Crippen molar-refractivity contribution in [3.8, 4) is 17.6 Å². The molecule has 1 aromatic carbocycles. The van der Waals surface area contributed by atoms with Gasteiger partial charge in [-0.1, -0.05) is 5.92 Å². The number of ether oxygens (including phenoxy) is 2. The molecule has 19 heavy (non-hydrogen) atoms. The summed E-state index contributed by atoms with van der Waals surface area (Å²) in [5.41, 5.74) is -0.658. The van der Waals surface area contributed by atoms with Crippen molar-refractivity contribution in [1.82, 2.24) is 0 Å². The topological polar surface area (TPSA) is 35.5 Å². The monoisotopic (exact) mass is 272 g/mol. The van der Waals surface area contributed by atoms with E-state index in [1.807, 2.05) is 0 Å². The van der Waals surface area contributed by atoms with Crippen molar-refractivity contribution in [3.63, 3.8) is 0 Å². The van der Waals surface area contributed by atoms with E-state index in [0.29, 0.717) is 0 Å². The molecule has 0 N–H and O–H groups in total. The molecule has 0 unspecified atom stereocenters. The van der Waals surface area contributed by atoms with Gasteiger partial charge in [0.15, 0.2) is 0 Å². The second-order valence-electron chi connectivity index (χ2n) is 3.38. The summed E-state index contributed by atoms with van der Waals surface area (Å²) in [5.74, 6) is 3.78. The fourth-order valence-corrected chi connectivity index (χ4v) is 1.26. The first-order valence-electron chi connectivity index (χ1n) is 5.32. The largest absolute Gasteiger partial charge is 0.495 e. The molecular formula is C13H11F3O3. The molecule has 0 spiro atoms. The number of rotatable bonds is 2. The minimum atomic E-state index is -4.46. The zero-order valence-electron chi connectivity index (χ0n) is 10.3. The minimum absolute atomic E-state index is 0.0494. The van der Waals surface area contributed by atoms with E-state index in [-0.39, 0.29) is 17.9 Å². The van der Waals surface area contributed by atoms with Gasteiger partial charge >= 0.3 is 12.1 Å². The summed E-state index contributed by atoms with van der Waals surface area (Å²) in [6.07, 6.45) is -4.46. The number of carbonyl (C=O) groups is 1. The van der Waals surface area contributed by atoms with E-state index >= 15 is 0 Å². The van der Waals surface area contributed by atoms with E-state index in [4.69, 9.17) is 4.74 Å². The lowest BCUT2D eigenvalue weighted by molar-refractivity contribution is -0.138.